The van der Waals surface area contributed by atoms with Crippen LogP contribution >= 0.6 is 0 Å². The summed E-state index contributed by atoms with van der Waals surface area (Å²) in [7, 11) is 1.59. The lowest BCUT2D eigenvalue weighted by molar-refractivity contribution is 0.101. The van der Waals surface area contributed by atoms with E-state index in [1.807, 2.05) is 39.8 Å². The van der Waals surface area contributed by atoms with Gasteiger partial charge in [0.1, 0.15) is 23.1 Å². The molecule has 3 rings (SSSR count). The number of amides is 1. The van der Waals surface area contributed by atoms with Crippen molar-refractivity contribution in [2.24, 2.45) is 12.8 Å². The van der Waals surface area contributed by atoms with E-state index in [0.717, 1.165) is 34.7 Å². The fourth-order valence-corrected chi connectivity index (χ4v) is 3.81. The van der Waals surface area contributed by atoms with Crippen LogP contribution in [-0.2, 0) is 20.0 Å². The van der Waals surface area contributed by atoms with Crippen molar-refractivity contribution >= 4 is 11.6 Å². The lowest BCUT2D eigenvalue weighted by Crippen LogP contribution is -2.24. The number of benzene rings is 2. The fraction of sp³-hybridized carbons (Fsp3) is 0.400. The molecule has 1 heterocycles. The molecule has 1 amide bonds. The second-order valence-corrected chi connectivity index (χ2v) is 8.34. The first-order valence-electron chi connectivity index (χ1n) is 11.5. The number of nitrogens with one attached hydrogen (secondary N) is 1. The van der Waals surface area contributed by atoms with Gasteiger partial charge in [0.05, 0.1) is 11.7 Å². The maximum absolute atomic E-state index is 15.2. The Morgan fingerprint density at radius 3 is 2.59 bits per heavy atom. The third-order valence-corrected chi connectivity index (χ3v) is 5.75. The molecule has 0 spiro atoms. The molecule has 0 unspecified atom stereocenters. The lowest BCUT2D eigenvalue weighted by atomic mass is 10.1. The topological polar surface area (TPSA) is 104 Å². The van der Waals surface area contributed by atoms with Crippen LogP contribution in [0.15, 0.2) is 35.1 Å². The smallest absolute Gasteiger partial charge is 0.350 e. The minimum absolute atomic E-state index is 0.0319. The van der Waals surface area contributed by atoms with Crippen LogP contribution in [0.2, 0.25) is 0 Å². The Kier molecular flexibility index (Phi) is 7.88. The first-order chi connectivity index (χ1) is 16.2. The van der Waals surface area contributed by atoms with Crippen LogP contribution in [0, 0.1) is 12.7 Å². The molecule has 3 aromatic rings. The van der Waals surface area contributed by atoms with E-state index in [9.17, 15) is 9.59 Å². The number of nitrogens with two attached hydrogens (primary N) is 1. The normalized spacial score (nSPS) is 12.0. The maximum atomic E-state index is 15.2. The Labute approximate surface area is 198 Å². The lowest BCUT2D eigenvalue weighted by Gasteiger charge is -2.18. The van der Waals surface area contributed by atoms with Crippen molar-refractivity contribution in [2.75, 3.05) is 5.32 Å². The van der Waals surface area contributed by atoms with Gasteiger partial charge in [-0.1, -0.05) is 26.3 Å². The summed E-state index contributed by atoms with van der Waals surface area (Å²) in [5.41, 5.74) is 7.67. The highest BCUT2D eigenvalue weighted by Gasteiger charge is 2.22. The molecule has 2 aromatic carbocycles. The number of anilines is 1. The SMILES string of the molecule is CCC[C@H](C)Oc1cc(-n2nc(CC)n(C)c2=O)c(F)cc1C(=O)Nc1ccc(CN)c(C)c1. The van der Waals surface area contributed by atoms with Gasteiger partial charge in [0.25, 0.3) is 5.91 Å². The third kappa shape index (κ3) is 5.20. The Hall–Kier alpha value is -3.46. The number of hydrogen-bond donors (Lipinski definition) is 2. The van der Waals surface area contributed by atoms with Crippen LogP contribution < -0.4 is 21.5 Å². The molecule has 1 aromatic heterocycles. The monoisotopic (exact) mass is 469 g/mol. The van der Waals surface area contributed by atoms with Crippen LogP contribution in [0.25, 0.3) is 5.69 Å². The van der Waals surface area contributed by atoms with E-state index in [0.29, 0.717) is 24.5 Å². The van der Waals surface area contributed by atoms with Crippen molar-refractivity contribution in [3.05, 3.63) is 69.1 Å². The summed E-state index contributed by atoms with van der Waals surface area (Å²) >= 11 is 0. The molecule has 0 bridgehead atoms. The van der Waals surface area contributed by atoms with Gasteiger partial charge in [-0.2, -0.15) is 4.68 Å². The maximum Gasteiger partial charge on any atom is 0.350 e. The van der Waals surface area contributed by atoms with Gasteiger partial charge in [-0.15, -0.1) is 5.10 Å². The highest BCUT2D eigenvalue weighted by Crippen LogP contribution is 2.28. The number of nitrogens with zero attached hydrogens (tertiary/aromatic N) is 3. The molecule has 0 radical (unpaired) electrons. The number of hydrogen-bond acceptors (Lipinski definition) is 5. The molecule has 1 atom stereocenters. The molecule has 0 fully saturated rings. The number of aromatic nitrogens is 3. The second kappa shape index (κ2) is 10.6. The molecule has 0 aliphatic rings. The van der Waals surface area contributed by atoms with Crippen LogP contribution in [0.5, 0.6) is 5.75 Å². The van der Waals surface area contributed by atoms with Crippen molar-refractivity contribution in [3.8, 4) is 11.4 Å². The molecule has 34 heavy (non-hydrogen) atoms. The van der Waals surface area contributed by atoms with Crippen LogP contribution in [0.1, 0.15) is 60.9 Å². The molecule has 0 saturated carbocycles. The van der Waals surface area contributed by atoms with Gasteiger partial charge < -0.3 is 15.8 Å². The Morgan fingerprint density at radius 1 is 1.26 bits per heavy atom. The molecule has 0 aliphatic heterocycles. The van der Waals surface area contributed by atoms with Crippen LogP contribution in [-0.4, -0.2) is 26.4 Å². The molecule has 9 heteroatoms. The standard InChI is InChI=1S/C25H32FN5O3/c1-6-8-16(4)34-22-13-21(31-25(33)30(5)23(7-2)29-31)20(26)12-19(22)24(32)28-18-10-9-17(14-27)15(3)11-18/h9-13,16H,6-8,14,27H2,1-5H3,(H,28,32)/t16-/m0/s1. The van der Waals surface area contributed by atoms with Gasteiger partial charge in [-0.3, -0.25) is 9.36 Å². The third-order valence-electron chi connectivity index (χ3n) is 5.75. The molecule has 3 N–H and O–H groups in total. The summed E-state index contributed by atoms with van der Waals surface area (Å²) in [4.78, 5) is 25.8. The van der Waals surface area contributed by atoms with Crippen molar-refractivity contribution < 1.29 is 13.9 Å². The molecular formula is C25H32FN5O3. The first kappa shape index (κ1) is 25.2. The highest BCUT2D eigenvalue weighted by molar-refractivity contribution is 6.06. The van der Waals surface area contributed by atoms with E-state index >= 15 is 4.39 Å². The summed E-state index contributed by atoms with van der Waals surface area (Å²) in [5, 5.41) is 7.05. The van der Waals surface area contributed by atoms with Crippen molar-refractivity contribution in [1.82, 2.24) is 14.3 Å². The van der Waals surface area contributed by atoms with Crippen molar-refractivity contribution in [2.45, 2.75) is 59.6 Å². The summed E-state index contributed by atoms with van der Waals surface area (Å²) < 4.78 is 23.6. The first-order valence-corrected chi connectivity index (χ1v) is 11.5. The molecule has 0 aliphatic carbocycles. The average Bonchev–Trinajstić information content (AvgIpc) is 3.08. The predicted molar refractivity (Wildman–Crippen MR) is 130 cm³/mol. The van der Waals surface area contributed by atoms with Gasteiger partial charge >= 0.3 is 5.69 Å². The quantitative estimate of drug-likeness (QED) is 0.495. The van der Waals surface area contributed by atoms with E-state index < -0.39 is 17.4 Å². The van der Waals surface area contributed by atoms with Gasteiger partial charge in [0, 0.05) is 31.8 Å². The van der Waals surface area contributed by atoms with Gasteiger partial charge in [0.15, 0.2) is 0 Å². The largest absolute Gasteiger partial charge is 0.490 e. The van der Waals surface area contributed by atoms with Gasteiger partial charge in [-0.05, 0) is 49.6 Å². The Bertz CT molecular complexity index is 1250. The molecule has 182 valence electrons. The molecule has 0 saturated heterocycles. The number of rotatable bonds is 9. The zero-order chi connectivity index (χ0) is 25.0. The Morgan fingerprint density at radius 2 is 2.00 bits per heavy atom. The Balaban J connectivity index is 2.05. The van der Waals surface area contributed by atoms with Crippen molar-refractivity contribution in [3.63, 3.8) is 0 Å². The number of ether oxygens (including phenoxy) is 1. The molecule has 8 nitrogen and oxygen atoms in total. The van der Waals surface area contributed by atoms with E-state index in [1.54, 1.807) is 13.1 Å². The minimum atomic E-state index is -0.752. The minimum Gasteiger partial charge on any atom is -0.490 e. The average molecular weight is 470 g/mol. The number of carbonyl (C=O) groups is 1. The van der Waals surface area contributed by atoms with Gasteiger partial charge in [-0.25, -0.2) is 9.18 Å². The van der Waals surface area contributed by atoms with Crippen LogP contribution in [0.4, 0.5) is 10.1 Å². The predicted octanol–water partition coefficient (Wildman–Crippen LogP) is 3.86. The van der Waals surface area contributed by atoms with E-state index in [4.69, 9.17) is 10.5 Å². The summed E-state index contributed by atoms with van der Waals surface area (Å²) in [6, 6.07) is 7.86. The number of carbonyl (C=O) groups excluding carboxylic acids is 1. The summed E-state index contributed by atoms with van der Waals surface area (Å²) in [6.45, 7) is 8.07. The van der Waals surface area contributed by atoms with Crippen LogP contribution in [0.3, 0.4) is 0 Å². The van der Waals surface area contributed by atoms with Crippen molar-refractivity contribution in [1.29, 1.82) is 0 Å². The van der Waals surface area contributed by atoms with E-state index in [-0.39, 0.29) is 23.1 Å². The van der Waals surface area contributed by atoms with Gasteiger partial charge in [0.2, 0.25) is 0 Å². The second-order valence-electron chi connectivity index (χ2n) is 8.34. The zero-order valence-electron chi connectivity index (χ0n) is 20.3. The van der Waals surface area contributed by atoms with E-state index in [1.165, 1.54) is 10.6 Å². The summed E-state index contributed by atoms with van der Waals surface area (Å²) in [6.07, 6.45) is 1.92. The number of aryl methyl sites for hydroxylation is 2. The molecular weight excluding hydrogens is 437 g/mol. The summed E-state index contributed by atoms with van der Waals surface area (Å²) in [5.74, 6) is -0.574. The van der Waals surface area contributed by atoms with E-state index in [2.05, 4.69) is 10.4 Å². The zero-order valence-corrected chi connectivity index (χ0v) is 20.3. The fourth-order valence-electron chi connectivity index (χ4n) is 3.81. The highest BCUT2D eigenvalue weighted by atomic mass is 19.1. The number of halogens is 1.